The molecule has 0 fully saturated rings. The highest BCUT2D eigenvalue weighted by molar-refractivity contribution is 5.47. The maximum absolute atomic E-state index is 3.73. The third kappa shape index (κ3) is 18.1. The van der Waals surface area contributed by atoms with Crippen LogP contribution in [0.5, 0.6) is 0 Å². The Balaban J connectivity index is -0.000000383. The van der Waals surface area contributed by atoms with Crippen molar-refractivity contribution in [1.29, 1.82) is 0 Å². The van der Waals surface area contributed by atoms with Crippen molar-refractivity contribution in [2.75, 3.05) is 6.54 Å². The van der Waals surface area contributed by atoms with Gasteiger partial charge in [0.05, 0.1) is 0 Å². The van der Waals surface area contributed by atoms with E-state index < -0.39 is 0 Å². The van der Waals surface area contributed by atoms with Crippen LogP contribution in [0.25, 0.3) is 6.08 Å². The number of allylic oxidation sites excluding steroid dienone is 2. The molecule has 1 aromatic rings. The SMILES string of the molecule is C=C.C=CC=C.C=Cc1ccc(CNCCCC)cc1.CC. The topological polar surface area (TPSA) is 12.0 Å². The Labute approximate surface area is 139 Å². The van der Waals surface area contributed by atoms with Crippen LogP contribution in [0, 0.1) is 0 Å². The first-order valence-electron chi connectivity index (χ1n) is 7.94. The van der Waals surface area contributed by atoms with Gasteiger partial charge in [-0.25, -0.2) is 0 Å². The van der Waals surface area contributed by atoms with Crippen LogP contribution in [0.1, 0.15) is 44.7 Å². The van der Waals surface area contributed by atoms with Gasteiger partial charge >= 0.3 is 0 Å². The van der Waals surface area contributed by atoms with Gasteiger partial charge in [0, 0.05) is 6.54 Å². The molecule has 22 heavy (non-hydrogen) atoms. The van der Waals surface area contributed by atoms with Gasteiger partial charge < -0.3 is 5.32 Å². The lowest BCUT2D eigenvalue weighted by Crippen LogP contribution is -2.14. The van der Waals surface area contributed by atoms with Crippen LogP contribution >= 0.6 is 0 Å². The number of rotatable bonds is 7. The van der Waals surface area contributed by atoms with Crippen molar-refractivity contribution < 1.29 is 0 Å². The molecule has 0 saturated heterocycles. The summed E-state index contributed by atoms with van der Waals surface area (Å²) >= 11 is 0. The Morgan fingerprint density at radius 2 is 1.45 bits per heavy atom. The summed E-state index contributed by atoms with van der Waals surface area (Å²) in [6.07, 6.45) is 7.65. The molecule has 1 nitrogen and oxygen atoms in total. The summed E-state index contributed by atoms with van der Waals surface area (Å²) < 4.78 is 0. The summed E-state index contributed by atoms with van der Waals surface area (Å²) in [6, 6.07) is 8.50. The van der Waals surface area contributed by atoms with E-state index >= 15 is 0 Å². The first-order valence-corrected chi connectivity index (χ1v) is 7.94. The van der Waals surface area contributed by atoms with E-state index in [0.717, 1.165) is 13.1 Å². The molecule has 0 unspecified atom stereocenters. The molecular formula is C21H35N. The fourth-order valence-electron chi connectivity index (χ4n) is 1.31. The van der Waals surface area contributed by atoms with Gasteiger partial charge in [0.15, 0.2) is 0 Å². The molecular weight excluding hydrogens is 266 g/mol. The number of hydrogen-bond acceptors (Lipinski definition) is 1. The summed E-state index contributed by atoms with van der Waals surface area (Å²) in [6.45, 7) is 24.7. The lowest BCUT2D eigenvalue weighted by molar-refractivity contribution is 0.641. The maximum Gasteiger partial charge on any atom is 0.0205 e. The van der Waals surface area contributed by atoms with Crippen LogP contribution in [-0.4, -0.2) is 6.54 Å². The second-order valence-electron chi connectivity index (χ2n) is 3.95. The van der Waals surface area contributed by atoms with Crippen molar-refractivity contribution in [3.63, 3.8) is 0 Å². The summed E-state index contributed by atoms with van der Waals surface area (Å²) in [5, 5.41) is 3.41. The minimum Gasteiger partial charge on any atom is -0.313 e. The van der Waals surface area contributed by atoms with Gasteiger partial charge in [-0.05, 0) is 24.1 Å². The van der Waals surface area contributed by atoms with E-state index in [1.165, 1.54) is 24.0 Å². The zero-order valence-electron chi connectivity index (χ0n) is 14.9. The van der Waals surface area contributed by atoms with Crippen LogP contribution < -0.4 is 5.32 Å². The van der Waals surface area contributed by atoms with Crippen molar-refractivity contribution in [1.82, 2.24) is 5.32 Å². The minimum atomic E-state index is 0.970. The fraction of sp³-hybridized carbons (Fsp3) is 0.333. The van der Waals surface area contributed by atoms with E-state index in [0.29, 0.717) is 0 Å². The normalized spacial score (nSPS) is 7.77. The molecule has 0 aliphatic carbocycles. The fourth-order valence-corrected chi connectivity index (χ4v) is 1.31. The molecule has 1 N–H and O–H groups in total. The quantitative estimate of drug-likeness (QED) is 0.349. The molecule has 0 radical (unpaired) electrons. The molecule has 1 heteroatoms. The Bertz CT molecular complexity index is 343. The largest absolute Gasteiger partial charge is 0.313 e. The third-order valence-corrected chi connectivity index (χ3v) is 2.42. The molecule has 0 spiro atoms. The van der Waals surface area contributed by atoms with Gasteiger partial charge in [0.25, 0.3) is 0 Å². The predicted molar refractivity (Wildman–Crippen MR) is 106 cm³/mol. The van der Waals surface area contributed by atoms with Crippen LogP contribution in [0.3, 0.4) is 0 Å². The molecule has 0 saturated carbocycles. The van der Waals surface area contributed by atoms with Gasteiger partial charge in [-0.15, -0.1) is 13.2 Å². The molecule has 0 aliphatic heterocycles. The van der Waals surface area contributed by atoms with Gasteiger partial charge in [-0.1, -0.05) is 89.4 Å². The molecule has 1 aromatic carbocycles. The van der Waals surface area contributed by atoms with E-state index in [4.69, 9.17) is 0 Å². The zero-order chi connectivity index (χ0) is 17.6. The lowest BCUT2D eigenvalue weighted by Gasteiger charge is -2.04. The van der Waals surface area contributed by atoms with Crippen molar-refractivity contribution in [3.8, 4) is 0 Å². The van der Waals surface area contributed by atoms with E-state index in [2.05, 4.69) is 69.4 Å². The van der Waals surface area contributed by atoms with E-state index in [9.17, 15) is 0 Å². The molecule has 0 amide bonds. The number of nitrogens with one attached hydrogen (secondary N) is 1. The molecule has 1 rings (SSSR count). The number of hydrogen-bond donors (Lipinski definition) is 1. The summed E-state index contributed by atoms with van der Waals surface area (Å²) in [5.41, 5.74) is 2.52. The van der Waals surface area contributed by atoms with Crippen LogP contribution in [0.2, 0.25) is 0 Å². The third-order valence-electron chi connectivity index (χ3n) is 2.42. The monoisotopic (exact) mass is 301 g/mol. The summed E-state index contributed by atoms with van der Waals surface area (Å²) in [7, 11) is 0. The molecule has 0 bridgehead atoms. The van der Waals surface area contributed by atoms with Gasteiger partial charge in [-0.2, -0.15) is 0 Å². The first-order chi connectivity index (χ1) is 10.8. The van der Waals surface area contributed by atoms with Crippen LogP contribution in [0.15, 0.2) is 69.3 Å². The van der Waals surface area contributed by atoms with Crippen molar-refractivity contribution in [3.05, 3.63) is 80.4 Å². The summed E-state index contributed by atoms with van der Waals surface area (Å²) in [5.74, 6) is 0. The predicted octanol–water partition coefficient (Wildman–Crippen LogP) is 6.41. The first kappa shape index (κ1) is 25.1. The highest BCUT2D eigenvalue weighted by Gasteiger charge is 1.91. The van der Waals surface area contributed by atoms with Crippen LogP contribution in [0.4, 0.5) is 0 Å². The highest BCUT2D eigenvalue weighted by Crippen LogP contribution is 2.04. The molecule has 0 atom stereocenters. The van der Waals surface area contributed by atoms with Crippen molar-refractivity contribution >= 4 is 6.08 Å². The Hall–Kier alpha value is -1.86. The number of benzene rings is 1. The average molecular weight is 302 g/mol. The van der Waals surface area contributed by atoms with Gasteiger partial charge in [0.2, 0.25) is 0 Å². The smallest absolute Gasteiger partial charge is 0.0205 e. The van der Waals surface area contributed by atoms with Crippen molar-refractivity contribution in [2.45, 2.75) is 40.2 Å². The number of unbranched alkanes of at least 4 members (excludes halogenated alkanes) is 1. The van der Waals surface area contributed by atoms with E-state index in [-0.39, 0.29) is 0 Å². The second kappa shape index (κ2) is 24.2. The molecule has 124 valence electrons. The van der Waals surface area contributed by atoms with Gasteiger partial charge in [-0.3, -0.25) is 0 Å². The Morgan fingerprint density at radius 3 is 1.82 bits per heavy atom. The zero-order valence-corrected chi connectivity index (χ0v) is 14.9. The van der Waals surface area contributed by atoms with Crippen molar-refractivity contribution in [2.24, 2.45) is 0 Å². The Kier molecular flexibility index (Phi) is 27.6. The minimum absolute atomic E-state index is 0.970. The maximum atomic E-state index is 3.73. The molecule has 0 heterocycles. The van der Waals surface area contributed by atoms with Gasteiger partial charge in [0.1, 0.15) is 0 Å². The average Bonchev–Trinajstić information content (AvgIpc) is 2.63. The molecule has 0 aliphatic rings. The van der Waals surface area contributed by atoms with E-state index in [1.54, 1.807) is 12.2 Å². The van der Waals surface area contributed by atoms with E-state index in [1.807, 2.05) is 19.9 Å². The Morgan fingerprint density at radius 1 is 0.955 bits per heavy atom. The summed E-state index contributed by atoms with van der Waals surface area (Å²) in [4.78, 5) is 0. The standard InChI is InChI=1S/C13H19N.C4H6.C2H6.C2H4/c1-3-5-10-14-11-13-8-6-12(4-2)7-9-13;1-3-4-2;2*1-2/h4,6-9,14H,2-3,5,10-11H2,1H3;3-4H,1-2H2;1-2H3;1-2H2. The molecule has 0 aromatic heterocycles. The highest BCUT2D eigenvalue weighted by atomic mass is 14.8. The van der Waals surface area contributed by atoms with Crippen LogP contribution in [-0.2, 0) is 6.54 Å². The lowest BCUT2D eigenvalue weighted by atomic mass is 10.1. The second-order valence-corrected chi connectivity index (χ2v) is 3.95.